The molecule has 7 nitrogen and oxygen atoms in total. The molecule has 0 saturated heterocycles. The van der Waals surface area contributed by atoms with Crippen molar-refractivity contribution in [2.24, 2.45) is 0 Å². The van der Waals surface area contributed by atoms with Crippen molar-refractivity contribution in [3.8, 4) is 0 Å². The number of hydrogen-bond acceptors (Lipinski definition) is 5. The van der Waals surface area contributed by atoms with E-state index in [4.69, 9.17) is 14.2 Å². The number of aliphatic hydroxyl groups excluding tert-OH is 1. The Balaban J connectivity index is 0.000000243. The zero-order valence-corrected chi connectivity index (χ0v) is 14.2. The molecular weight excluding hydrogens is 356 g/mol. The molecule has 9 heteroatoms. The molecule has 3 N–H and O–H groups in total. The standard InChI is InChI=1S/C8H10O4S.C7H8O3S/c9-6-8(13(10,11)12)7-4-2-1-3-5-7;8-11(9,10)6-7-4-2-1-3-5-7/h1-5,8-9H,6H2,(H,10,11,12);1-5H,6H2,(H,8,9,10). The first-order chi connectivity index (χ1) is 11.1. The van der Waals surface area contributed by atoms with E-state index >= 15 is 0 Å². The van der Waals surface area contributed by atoms with Crippen LogP contribution in [0, 0.1) is 0 Å². The molecule has 2 rings (SSSR count). The maximum Gasteiger partial charge on any atom is 0.274 e. The lowest BCUT2D eigenvalue weighted by atomic mass is 10.2. The van der Waals surface area contributed by atoms with Crippen LogP contribution in [0.15, 0.2) is 60.7 Å². The molecule has 0 spiro atoms. The second-order valence-corrected chi connectivity index (χ2v) is 7.86. The predicted molar refractivity (Wildman–Crippen MR) is 89.5 cm³/mol. The summed E-state index contributed by atoms with van der Waals surface area (Å²) in [5.41, 5.74) is 0.975. The number of benzene rings is 2. The molecular formula is C15H18O7S2. The van der Waals surface area contributed by atoms with Crippen molar-refractivity contribution < 1.29 is 31.0 Å². The largest absolute Gasteiger partial charge is 0.395 e. The summed E-state index contributed by atoms with van der Waals surface area (Å²) in [5.74, 6) is -0.312. The Labute approximate surface area is 141 Å². The van der Waals surface area contributed by atoms with Crippen molar-refractivity contribution in [1.29, 1.82) is 0 Å². The molecule has 0 saturated carbocycles. The Bertz CT molecular complexity index is 817. The van der Waals surface area contributed by atoms with Gasteiger partial charge in [-0.3, -0.25) is 9.11 Å². The van der Waals surface area contributed by atoms with Crippen LogP contribution in [0.25, 0.3) is 0 Å². The summed E-state index contributed by atoms with van der Waals surface area (Å²) in [4.78, 5) is 0. The molecule has 0 bridgehead atoms. The first-order valence-electron chi connectivity index (χ1n) is 6.74. The first kappa shape index (κ1) is 20.3. The fourth-order valence-corrected chi connectivity index (χ4v) is 3.13. The lowest BCUT2D eigenvalue weighted by Gasteiger charge is -2.10. The third kappa shape index (κ3) is 7.66. The van der Waals surface area contributed by atoms with E-state index in [-0.39, 0.29) is 5.75 Å². The van der Waals surface area contributed by atoms with Crippen LogP contribution in [0.3, 0.4) is 0 Å². The molecule has 0 aliphatic carbocycles. The summed E-state index contributed by atoms with van der Waals surface area (Å²) in [6.45, 7) is -0.622. The first-order valence-corrected chi connectivity index (χ1v) is 9.86. The van der Waals surface area contributed by atoms with Gasteiger partial charge in [0.05, 0.1) is 6.61 Å². The second-order valence-electron chi connectivity index (χ2n) is 4.81. The predicted octanol–water partition coefficient (Wildman–Crippen LogP) is 1.68. The SMILES string of the molecule is O=S(=O)(O)C(CO)c1ccccc1.O=S(=O)(O)Cc1ccccc1. The highest BCUT2D eigenvalue weighted by molar-refractivity contribution is 7.86. The van der Waals surface area contributed by atoms with Crippen molar-refractivity contribution in [3.05, 3.63) is 71.8 Å². The topological polar surface area (TPSA) is 129 Å². The van der Waals surface area contributed by atoms with Crippen LogP contribution in [0.4, 0.5) is 0 Å². The van der Waals surface area contributed by atoms with Gasteiger partial charge < -0.3 is 5.11 Å². The number of rotatable bonds is 5. The maximum atomic E-state index is 10.8. The van der Waals surface area contributed by atoms with Crippen LogP contribution in [-0.4, -0.2) is 37.7 Å². The van der Waals surface area contributed by atoms with Crippen molar-refractivity contribution in [1.82, 2.24) is 0 Å². The fourth-order valence-electron chi connectivity index (χ4n) is 1.82. The Kier molecular flexibility index (Phi) is 7.52. The summed E-state index contributed by atoms with van der Waals surface area (Å²) in [7, 11) is -8.10. The van der Waals surface area contributed by atoms with Gasteiger partial charge in [-0.05, 0) is 11.1 Å². The van der Waals surface area contributed by atoms with E-state index in [2.05, 4.69) is 0 Å². The molecule has 0 aliphatic heterocycles. The van der Waals surface area contributed by atoms with Crippen molar-refractivity contribution in [2.45, 2.75) is 11.0 Å². The van der Waals surface area contributed by atoms with Gasteiger partial charge in [-0.2, -0.15) is 16.8 Å². The van der Waals surface area contributed by atoms with Gasteiger partial charge in [-0.15, -0.1) is 0 Å². The molecule has 132 valence electrons. The van der Waals surface area contributed by atoms with E-state index in [9.17, 15) is 16.8 Å². The number of aliphatic hydroxyl groups is 1. The van der Waals surface area contributed by atoms with Crippen LogP contribution in [0.2, 0.25) is 0 Å². The summed E-state index contributed by atoms with van der Waals surface area (Å²) in [6, 6.07) is 16.6. The molecule has 1 atom stereocenters. The average Bonchev–Trinajstić information content (AvgIpc) is 2.47. The molecule has 0 fully saturated rings. The van der Waals surface area contributed by atoms with E-state index < -0.39 is 32.1 Å². The maximum absolute atomic E-state index is 10.8. The number of hydrogen-bond donors (Lipinski definition) is 3. The summed E-state index contributed by atoms with van der Waals surface area (Å²) >= 11 is 0. The quantitative estimate of drug-likeness (QED) is 0.679. The Morgan fingerprint density at radius 3 is 1.62 bits per heavy atom. The third-order valence-electron chi connectivity index (χ3n) is 2.89. The average molecular weight is 374 g/mol. The molecule has 1 unspecified atom stereocenters. The monoisotopic (exact) mass is 374 g/mol. The van der Waals surface area contributed by atoms with Gasteiger partial charge in [-0.1, -0.05) is 60.7 Å². The lowest BCUT2D eigenvalue weighted by Crippen LogP contribution is -2.15. The molecule has 2 aromatic carbocycles. The Morgan fingerprint density at radius 2 is 1.25 bits per heavy atom. The van der Waals surface area contributed by atoms with Gasteiger partial charge in [0.1, 0.15) is 11.0 Å². The van der Waals surface area contributed by atoms with Gasteiger partial charge in [0.25, 0.3) is 20.2 Å². The van der Waals surface area contributed by atoms with Crippen molar-refractivity contribution >= 4 is 20.2 Å². The highest BCUT2D eigenvalue weighted by atomic mass is 32.2. The van der Waals surface area contributed by atoms with E-state index in [0.717, 1.165) is 0 Å². The summed E-state index contributed by atoms with van der Waals surface area (Å²) in [5, 5.41) is 7.53. The molecule has 0 amide bonds. The van der Waals surface area contributed by atoms with E-state index in [1.165, 1.54) is 12.1 Å². The second kappa shape index (κ2) is 8.90. The van der Waals surface area contributed by atoms with Crippen LogP contribution in [0.1, 0.15) is 16.4 Å². The lowest BCUT2D eigenvalue weighted by molar-refractivity contribution is 0.285. The van der Waals surface area contributed by atoms with Gasteiger partial charge >= 0.3 is 0 Å². The van der Waals surface area contributed by atoms with Crippen LogP contribution in [-0.2, 0) is 26.0 Å². The van der Waals surface area contributed by atoms with Crippen molar-refractivity contribution in [2.75, 3.05) is 6.61 Å². The molecule has 0 aliphatic rings. The minimum atomic E-state index is -4.22. The molecule has 0 heterocycles. The van der Waals surface area contributed by atoms with E-state index in [1.54, 1.807) is 48.5 Å². The smallest absolute Gasteiger partial charge is 0.274 e. The summed E-state index contributed by atoms with van der Waals surface area (Å²) < 4.78 is 59.4. The summed E-state index contributed by atoms with van der Waals surface area (Å²) in [6.07, 6.45) is 0. The van der Waals surface area contributed by atoms with E-state index in [1.807, 2.05) is 0 Å². The molecule has 2 aromatic rings. The minimum absolute atomic E-state index is 0.312. The van der Waals surface area contributed by atoms with Gasteiger partial charge in [-0.25, -0.2) is 0 Å². The zero-order chi connectivity index (χ0) is 18.2. The van der Waals surface area contributed by atoms with Gasteiger partial charge in [0.15, 0.2) is 0 Å². The highest BCUT2D eigenvalue weighted by Crippen LogP contribution is 2.19. The fraction of sp³-hybridized carbons (Fsp3) is 0.200. The van der Waals surface area contributed by atoms with Crippen LogP contribution < -0.4 is 0 Å². The molecule has 0 radical (unpaired) electrons. The van der Waals surface area contributed by atoms with Gasteiger partial charge in [0, 0.05) is 0 Å². The molecule has 0 aromatic heterocycles. The minimum Gasteiger partial charge on any atom is -0.395 e. The molecule has 24 heavy (non-hydrogen) atoms. The van der Waals surface area contributed by atoms with Crippen molar-refractivity contribution in [3.63, 3.8) is 0 Å². The third-order valence-corrected chi connectivity index (χ3v) is 4.73. The Morgan fingerprint density at radius 1 is 0.792 bits per heavy atom. The van der Waals surface area contributed by atoms with E-state index in [0.29, 0.717) is 11.1 Å². The van der Waals surface area contributed by atoms with Crippen LogP contribution in [0.5, 0.6) is 0 Å². The Hall–Kier alpha value is -1.78. The normalized spacial score (nSPS) is 12.8. The van der Waals surface area contributed by atoms with Crippen LogP contribution >= 0.6 is 0 Å². The highest BCUT2D eigenvalue weighted by Gasteiger charge is 2.23. The zero-order valence-electron chi connectivity index (χ0n) is 12.6. The van der Waals surface area contributed by atoms with Gasteiger partial charge in [0.2, 0.25) is 0 Å².